The van der Waals surface area contributed by atoms with Crippen molar-refractivity contribution in [2.75, 3.05) is 0 Å². The molecule has 1 aromatic carbocycles. The van der Waals surface area contributed by atoms with Crippen molar-refractivity contribution in [2.45, 2.75) is 122 Å². The summed E-state index contributed by atoms with van der Waals surface area (Å²) in [5, 5.41) is 0. The quantitative estimate of drug-likeness (QED) is 0.512. The van der Waals surface area contributed by atoms with Crippen molar-refractivity contribution >= 4 is 0 Å². The number of rotatable bonds is 3. The highest BCUT2D eigenvalue weighted by molar-refractivity contribution is 5.61. The smallest absolute Gasteiger partial charge is 0.110 e. The lowest BCUT2D eigenvalue weighted by atomic mass is 9.78. The lowest BCUT2D eigenvalue weighted by Gasteiger charge is -2.27. The molecule has 2 aliphatic carbocycles. The van der Waals surface area contributed by atoms with Gasteiger partial charge in [-0.05, 0) is 31.6 Å². The van der Waals surface area contributed by atoms with E-state index in [0.29, 0.717) is 5.92 Å². The maximum atomic E-state index is 5.11. The molecule has 0 bridgehead atoms. The van der Waals surface area contributed by atoms with Crippen molar-refractivity contribution in [3.05, 3.63) is 41.9 Å². The number of imidazole rings is 1. The highest BCUT2D eigenvalue weighted by Crippen LogP contribution is 2.38. The number of hydrogen-bond acceptors (Lipinski definition) is 1. The summed E-state index contributed by atoms with van der Waals surface area (Å²) in [6, 6.07) is 10.7. The normalized spacial score (nSPS) is 25.3. The maximum Gasteiger partial charge on any atom is 0.110 e. The van der Waals surface area contributed by atoms with Crippen LogP contribution < -0.4 is 0 Å². The minimum atomic E-state index is 0.609. The summed E-state index contributed by atoms with van der Waals surface area (Å²) in [6.07, 6.45) is 24.6. The van der Waals surface area contributed by atoms with E-state index in [9.17, 15) is 0 Å². The molecule has 0 spiro atoms. The summed E-state index contributed by atoms with van der Waals surface area (Å²) in [6.45, 7) is 2.19. The molecule has 4 rings (SSSR count). The number of aromatic amines is 1. The lowest BCUT2D eigenvalue weighted by molar-refractivity contribution is 0.243. The van der Waals surface area contributed by atoms with Crippen LogP contribution in [0.5, 0.6) is 0 Å². The largest absolute Gasteiger partial charge is 0.345 e. The average Bonchev–Trinajstić information content (AvgIpc) is 3.22. The van der Waals surface area contributed by atoms with Gasteiger partial charge < -0.3 is 4.98 Å². The fraction of sp³-hybridized carbons (Fsp3) is 0.700. The minimum Gasteiger partial charge on any atom is -0.345 e. The molecule has 1 N–H and O–H groups in total. The molecule has 2 nitrogen and oxygen atoms in total. The molecule has 32 heavy (non-hydrogen) atoms. The molecule has 2 aliphatic rings. The molecule has 0 saturated heterocycles. The monoisotopic (exact) mass is 434 g/mol. The number of benzene rings is 1. The predicted molar refractivity (Wildman–Crippen MR) is 137 cm³/mol. The van der Waals surface area contributed by atoms with Gasteiger partial charge in [-0.3, -0.25) is 0 Å². The molecule has 0 amide bonds. The summed E-state index contributed by atoms with van der Waals surface area (Å²) >= 11 is 0. The van der Waals surface area contributed by atoms with E-state index in [2.05, 4.69) is 42.2 Å². The van der Waals surface area contributed by atoms with Crippen LogP contribution in [-0.4, -0.2) is 9.97 Å². The Hall–Kier alpha value is -1.57. The van der Waals surface area contributed by atoms with E-state index in [0.717, 1.165) is 17.5 Å². The van der Waals surface area contributed by atoms with Gasteiger partial charge in [0.1, 0.15) is 5.82 Å². The van der Waals surface area contributed by atoms with Crippen molar-refractivity contribution in [1.82, 2.24) is 9.97 Å². The van der Waals surface area contributed by atoms with Gasteiger partial charge >= 0.3 is 0 Å². The third-order valence-electron chi connectivity index (χ3n) is 8.41. The second-order valence-corrected chi connectivity index (χ2v) is 10.8. The van der Waals surface area contributed by atoms with Gasteiger partial charge in [-0.1, -0.05) is 127 Å². The van der Waals surface area contributed by atoms with Crippen LogP contribution in [0.3, 0.4) is 0 Å². The van der Waals surface area contributed by atoms with Crippen LogP contribution in [0.15, 0.2) is 30.3 Å². The Bertz CT molecular complexity index is 765. The van der Waals surface area contributed by atoms with E-state index in [1.807, 2.05) is 0 Å². The van der Waals surface area contributed by atoms with Crippen molar-refractivity contribution in [2.24, 2.45) is 11.8 Å². The molecule has 2 fully saturated rings. The van der Waals surface area contributed by atoms with E-state index in [-0.39, 0.29) is 0 Å². The van der Waals surface area contributed by atoms with Gasteiger partial charge in [0.15, 0.2) is 0 Å². The number of hydrogen-bond donors (Lipinski definition) is 1. The van der Waals surface area contributed by atoms with Gasteiger partial charge in [-0.15, -0.1) is 0 Å². The second-order valence-electron chi connectivity index (χ2n) is 10.8. The van der Waals surface area contributed by atoms with Gasteiger partial charge in [0, 0.05) is 17.2 Å². The number of aryl methyl sites for hydroxylation is 1. The van der Waals surface area contributed by atoms with Crippen molar-refractivity contribution in [1.29, 1.82) is 0 Å². The average molecular weight is 435 g/mol. The van der Waals surface area contributed by atoms with Gasteiger partial charge in [-0.2, -0.15) is 0 Å². The van der Waals surface area contributed by atoms with Crippen LogP contribution in [0.4, 0.5) is 0 Å². The molecule has 2 saturated carbocycles. The molecule has 0 aliphatic heterocycles. The summed E-state index contributed by atoms with van der Waals surface area (Å²) < 4.78 is 0. The summed E-state index contributed by atoms with van der Waals surface area (Å²) in [5.41, 5.74) is 3.61. The number of aromatic nitrogens is 2. The third kappa shape index (κ3) is 6.72. The van der Waals surface area contributed by atoms with Gasteiger partial charge in [0.25, 0.3) is 0 Å². The maximum absolute atomic E-state index is 5.11. The van der Waals surface area contributed by atoms with Crippen molar-refractivity contribution in [3.63, 3.8) is 0 Å². The molecule has 2 heteroatoms. The predicted octanol–water partition coefficient (Wildman–Crippen LogP) is 9.36. The van der Waals surface area contributed by atoms with Crippen LogP contribution in [0.25, 0.3) is 11.3 Å². The first-order valence-electron chi connectivity index (χ1n) is 13.9. The van der Waals surface area contributed by atoms with Crippen molar-refractivity contribution in [3.8, 4) is 11.3 Å². The molecular weight excluding hydrogens is 388 g/mol. The van der Waals surface area contributed by atoms with Crippen LogP contribution >= 0.6 is 0 Å². The molecule has 1 heterocycles. The van der Waals surface area contributed by atoms with E-state index >= 15 is 0 Å². The topological polar surface area (TPSA) is 28.7 Å². The highest BCUT2D eigenvalue weighted by Gasteiger charge is 2.25. The molecule has 176 valence electrons. The van der Waals surface area contributed by atoms with Crippen LogP contribution in [0.1, 0.15) is 127 Å². The van der Waals surface area contributed by atoms with E-state index in [4.69, 9.17) is 4.98 Å². The summed E-state index contributed by atoms with van der Waals surface area (Å²) in [5.74, 6) is 3.83. The Morgan fingerprint density at radius 3 is 1.78 bits per heavy atom. The molecule has 1 aromatic heterocycles. The number of nitrogens with one attached hydrogen (secondary N) is 1. The Balaban J connectivity index is 1.37. The van der Waals surface area contributed by atoms with Crippen molar-refractivity contribution < 1.29 is 0 Å². The first-order chi connectivity index (χ1) is 15.8. The molecule has 2 atom stereocenters. The van der Waals surface area contributed by atoms with Crippen LogP contribution in [0, 0.1) is 18.8 Å². The zero-order chi connectivity index (χ0) is 22.0. The SMILES string of the molecule is Cc1[nH]c(C2CCCCC(C3CCCCCCCCCC3)CCC2)nc1-c1ccccc1. The van der Waals surface area contributed by atoms with Gasteiger partial charge in [0.2, 0.25) is 0 Å². The van der Waals surface area contributed by atoms with Crippen LogP contribution in [-0.2, 0) is 0 Å². The molecule has 2 aromatic rings. The molecule has 0 radical (unpaired) electrons. The Morgan fingerprint density at radius 1 is 0.625 bits per heavy atom. The summed E-state index contributed by atoms with van der Waals surface area (Å²) in [7, 11) is 0. The van der Waals surface area contributed by atoms with E-state index in [1.165, 1.54) is 126 Å². The second kappa shape index (κ2) is 12.6. The first kappa shape index (κ1) is 23.6. The van der Waals surface area contributed by atoms with Gasteiger partial charge in [-0.25, -0.2) is 4.98 Å². The van der Waals surface area contributed by atoms with Gasteiger partial charge in [0.05, 0.1) is 5.69 Å². The minimum absolute atomic E-state index is 0.609. The van der Waals surface area contributed by atoms with E-state index in [1.54, 1.807) is 0 Å². The first-order valence-corrected chi connectivity index (χ1v) is 13.9. The summed E-state index contributed by atoms with van der Waals surface area (Å²) in [4.78, 5) is 8.79. The zero-order valence-electron chi connectivity index (χ0n) is 20.6. The molecule has 2 unspecified atom stereocenters. The Morgan fingerprint density at radius 2 is 1.12 bits per heavy atom. The highest BCUT2D eigenvalue weighted by atomic mass is 14.9. The third-order valence-corrected chi connectivity index (χ3v) is 8.41. The molecular formula is C30H46N2. The Kier molecular flexibility index (Phi) is 9.29. The Labute approximate surface area is 197 Å². The lowest BCUT2D eigenvalue weighted by Crippen LogP contribution is -2.15. The zero-order valence-corrected chi connectivity index (χ0v) is 20.6. The fourth-order valence-corrected chi connectivity index (χ4v) is 6.50. The standard InChI is InChI=1S/C30H46N2/c1-24-29(27-19-11-8-12-20-27)32-30(31-24)28-21-14-13-18-26(22-15-23-28)25-16-9-6-4-2-3-5-7-10-17-25/h8,11-12,19-20,25-26,28H,2-7,9-10,13-18,21-23H2,1H3,(H,31,32). The van der Waals surface area contributed by atoms with E-state index < -0.39 is 0 Å². The number of nitrogens with zero attached hydrogens (tertiary/aromatic N) is 1. The fourth-order valence-electron chi connectivity index (χ4n) is 6.50. The van der Waals surface area contributed by atoms with Crippen LogP contribution in [0.2, 0.25) is 0 Å². The number of H-pyrrole nitrogens is 1.